The van der Waals surface area contributed by atoms with Crippen LogP contribution in [0.5, 0.6) is 5.75 Å². The maximum Gasteiger partial charge on any atom is 0.262 e. The Morgan fingerprint density at radius 3 is 2.68 bits per heavy atom. The van der Waals surface area contributed by atoms with E-state index in [-0.39, 0.29) is 11.6 Å². The molecule has 28 heavy (non-hydrogen) atoms. The van der Waals surface area contributed by atoms with Crippen LogP contribution in [0.3, 0.4) is 0 Å². The van der Waals surface area contributed by atoms with Gasteiger partial charge in [-0.3, -0.25) is 0 Å². The highest BCUT2D eigenvalue weighted by Crippen LogP contribution is 2.31. The zero-order valence-corrected chi connectivity index (χ0v) is 14.8. The molecular weight excluding hydrogens is 352 g/mol. The first-order valence-electron chi connectivity index (χ1n) is 8.91. The van der Waals surface area contributed by atoms with E-state index in [1.807, 2.05) is 54.7 Å². The Labute approximate surface area is 160 Å². The molecule has 0 saturated carbocycles. The summed E-state index contributed by atoms with van der Waals surface area (Å²) in [4.78, 5) is 12.0. The topological polar surface area (TPSA) is 87.8 Å². The average molecular weight is 368 g/mol. The molecule has 136 valence electrons. The van der Waals surface area contributed by atoms with Crippen molar-refractivity contribution in [3.63, 3.8) is 0 Å². The van der Waals surface area contributed by atoms with Crippen LogP contribution in [0.25, 0.3) is 34.0 Å². The normalized spacial score (nSPS) is 11.1. The molecule has 0 amide bonds. The van der Waals surface area contributed by atoms with Crippen LogP contribution < -0.4 is 0 Å². The average Bonchev–Trinajstić information content (AvgIpc) is 3.39. The molecule has 0 fully saturated rings. The highest BCUT2D eigenvalue weighted by atomic mass is 16.5. The van der Waals surface area contributed by atoms with Crippen LogP contribution >= 0.6 is 0 Å². The number of phenols is 1. The standard InChI is InChI=1S/C22H16N4O2/c27-19-9-6-15(12-14-4-2-1-3-5-14)13-17(19)22-25-21(26-28-22)18-8-7-16-10-11-23-20(16)24-18/h1-11,13,27H,12H2,(H,23,24). The third kappa shape index (κ3) is 3.01. The molecule has 6 nitrogen and oxygen atoms in total. The highest BCUT2D eigenvalue weighted by molar-refractivity contribution is 5.78. The Hall–Kier alpha value is -3.93. The number of H-pyrrole nitrogens is 1. The van der Waals surface area contributed by atoms with Gasteiger partial charge in [0.05, 0.1) is 5.56 Å². The fourth-order valence-electron chi connectivity index (χ4n) is 3.19. The van der Waals surface area contributed by atoms with Crippen LogP contribution in [0.4, 0.5) is 0 Å². The number of nitrogens with zero attached hydrogens (tertiary/aromatic N) is 3. The van der Waals surface area contributed by atoms with Gasteiger partial charge in [-0.1, -0.05) is 41.6 Å². The molecule has 0 unspecified atom stereocenters. The SMILES string of the molecule is Oc1ccc(Cc2ccccc2)cc1-c1nc(-c2ccc3cc[nH]c3n2)no1. The molecular formula is C22H16N4O2. The first-order valence-corrected chi connectivity index (χ1v) is 8.91. The second-order valence-corrected chi connectivity index (χ2v) is 6.55. The number of aromatic nitrogens is 4. The predicted molar refractivity (Wildman–Crippen MR) is 106 cm³/mol. The Morgan fingerprint density at radius 1 is 0.893 bits per heavy atom. The van der Waals surface area contributed by atoms with E-state index >= 15 is 0 Å². The van der Waals surface area contributed by atoms with Gasteiger partial charge in [-0.2, -0.15) is 4.98 Å². The lowest BCUT2D eigenvalue weighted by molar-refractivity contribution is 0.425. The predicted octanol–water partition coefficient (Wildman–Crippen LogP) is 4.58. The van der Waals surface area contributed by atoms with Crippen LogP contribution in [-0.4, -0.2) is 25.2 Å². The van der Waals surface area contributed by atoms with Gasteiger partial charge in [0.2, 0.25) is 5.82 Å². The van der Waals surface area contributed by atoms with Gasteiger partial charge in [0.15, 0.2) is 0 Å². The summed E-state index contributed by atoms with van der Waals surface area (Å²) in [5.74, 6) is 0.731. The smallest absolute Gasteiger partial charge is 0.262 e. The first-order chi connectivity index (χ1) is 13.8. The minimum atomic E-state index is 0.0970. The largest absolute Gasteiger partial charge is 0.507 e. The Bertz CT molecular complexity index is 1260. The zero-order valence-electron chi connectivity index (χ0n) is 14.8. The number of nitrogens with one attached hydrogen (secondary N) is 1. The number of aromatic amines is 1. The van der Waals surface area contributed by atoms with E-state index in [4.69, 9.17) is 4.52 Å². The number of hydrogen-bond donors (Lipinski definition) is 2. The van der Waals surface area contributed by atoms with Gasteiger partial charge in [0, 0.05) is 11.6 Å². The molecule has 5 rings (SSSR count). The molecule has 6 heteroatoms. The molecule has 0 atom stereocenters. The van der Waals surface area contributed by atoms with Crippen molar-refractivity contribution in [2.75, 3.05) is 0 Å². The van der Waals surface area contributed by atoms with Gasteiger partial charge >= 0.3 is 0 Å². The van der Waals surface area contributed by atoms with Crippen molar-refractivity contribution in [2.24, 2.45) is 0 Å². The summed E-state index contributed by atoms with van der Waals surface area (Å²) in [7, 11) is 0. The highest BCUT2D eigenvalue weighted by Gasteiger charge is 2.16. The summed E-state index contributed by atoms with van der Waals surface area (Å²) < 4.78 is 5.41. The van der Waals surface area contributed by atoms with Crippen LogP contribution in [0.1, 0.15) is 11.1 Å². The van der Waals surface area contributed by atoms with Crippen molar-refractivity contribution in [3.8, 4) is 28.7 Å². The van der Waals surface area contributed by atoms with Crippen molar-refractivity contribution in [3.05, 3.63) is 84.1 Å². The van der Waals surface area contributed by atoms with Gasteiger partial charge in [0.25, 0.3) is 5.89 Å². The van der Waals surface area contributed by atoms with Crippen molar-refractivity contribution in [2.45, 2.75) is 6.42 Å². The number of fused-ring (bicyclic) bond motifs is 1. The summed E-state index contributed by atoms with van der Waals surface area (Å²) in [6.45, 7) is 0. The molecule has 0 spiro atoms. The number of rotatable bonds is 4. The minimum Gasteiger partial charge on any atom is -0.507 e. The van der Waals surface area contributed by atoms with Crippen LogP contribution in [0, 0.1) is 0 Å². The van der Waals surface area contributed by atoms with Gasteiger partial charge in [-0.15, -0.1) is 0 Å². The van der Waals surface area contributed by atoms with Crippen LogP contribution in [-0.2, 0) is 6.42 Å². The number of benzene rings is 2. The Kier molecular flexibility index (Phi) is 3.87. The first kappa shape index (κ1) is 16.3. The van der Waals surface area contributed by atoms with Crippen LogP contribution in [0.15, 0.2) is 77.4 Å². The van der Waals surface area contributed by atoms with E-state index in [0.29, 0.717) is 17.1 Å². The van der Waals surface area contributed by atoms with Crippen molar-refractivity contribution in [1.29, 1.82) is 0 Å². The summed E-state index contributed by atoms with van der Waals surface area (Å²) in [6.07, 6.45) is 2.58. The molecule has 3 aromatic heterocycles. The van der Waals surface area contributed by atoms with Gasteiger partial charge in [-0.25, -0.2) is 4.98 Å². The van der Waals surface area contributed by atoms with Crippen molar-refractivity contribution < 1.29 is 9.63 Å². The van der Waals surface area contributed by atoms with Crippen molar-refractivity contribution >= 4 is 11.0 Å². The van der Waals surface area contributed by atoms with Gasteiger partial charge in [-0.05, 0) is 47.9 Å². The molecule has 0 aliphatic carbocycles. The molecule has 3 heterocycles. The number of hydrogen-bond acceptors (Lipinski definition) is 5. The summed E-state index contributed by atoms with van der Waals surface area (Å²) in [6, 6.07) is 21.3. The van der Waals surface area contributed by atoms with E-state index in [0.717, 1.165) is 23.0 Å². The number of aromatic hydroxyl groups is 1. The van der Waals surface area contributed by atoms with Gasteiger partial charge in [0.1, 0.15) is 17.1 Å². The fourth-order valence-corrected chi connectivity index (χ4v) is 3.19. The number of phenolic OH excluding ortho intramolecular Hbond substituents is 1. The molecule has 0 aliphatic rings. The number of pyridine rings is 1. The van der Waals surface area contributed by atoms with Crippen LogP contribution in [0.2, 0.25) is 0 Å². The summed E-state index contributed by atoms with van der Waals surface area (Å²) in [5, 5.41) is 15.3. The van der Waals surface area contributed by atoms with E-state index < -0.39 is 0 Å². The molecule has 2 N–H and O–H groups in total. The van der Waals surface area contributed by atoms with Crippen molar-refractivity contribution in [1.82, 2.24) is 20.1 Å². The third-order valence-electron chi connectivity index (χ3n) is 4.61. The lowest BCUT2D eigenvalue weighted by atomic mass is 10.0. The second kappa shape index (κ2) is 6.66. The molecule has 0 bridgehead atoms. The molecule has 5 aromatic rings. The van der Waals surface area contributed by atoms with E-state index in [9.17, 15) is 5.11 Å². The monoisotopic (exact) mass is 368 g/mol. The lowest BCUT2D eigenvalue weighted by Gasteiger charge is -2.05. The Morgan fingerprint density at radius 2 is 1.79 bits per heavy atom. The zero-order chi connectivity index (χ0) is 18.9. The van der Waals surface area contributed by atoms with E-state index in [2.05, 4.69) is 32.2 Å². The summed E-state index contributed by atoms with van der Waals surface area (Å²) in [5.41, 5.74) is 4.10. The molecule has 2 aromatic carbocycles. The lowest BCUT2D eigenvalue weighted by Crippen LogP contribution is -1.90. The maximum atomic E-state index is 10.3. The molecule has 0 aliphatic heterocycles. The quantitative estimate of drug-likeness (QED) is 0.485. The van der Waals surface area contributed by atoms with Gasteiger partial charge < -0.3 is 14.6 Å². The third-order valence-corrected chi connectivity index (χ3v) is 4.61. The maximum absolute atomic E-state index is 10.3. The molecule has 0 saturated heterocycles. The van der Waals surface area contributed by atoms with E-state index in [1.54, 1.807) is 6.07 Å². The van der Waals surface area contributed by atoms with E-state index in [1.165, 1.54) is 5.56 Å². The molecule has 0 radical (unpaired) electrons. The summed E-state index contributed by atoms with van der Waals surface area (Å²) >= 11 is 0. The Balaban J connectivity index is 1.48. The fraction of sp³-hybridized carbons (Fsp3) is 0.0455. The minimum absolute atomic E-state index is 0.0970. The second-order valence-electron chi connectivity index (χ2n) is 6.55.